The Bertz CT molecular complexity index is 436. The summed E-state index contributed by atoms with van der Waals surface area (Å²) >= 11 is 0. The van der Waals surface area contributed by atoms with Crippen molar-refractivity contribution in [2.45, 2.75) is 6.43 Å². The summed E-state index contributed by atoms with van der Waals surface area (Å²) in [6.07, 6.45) is -2.94. The molecule has 86 valence electrons. The lowest BCUT2D eigenvalue weighted by Gasteiger charge is -2.01. The third kappa shape index (κ3) is 2.27. The summed E-state index contributed by atoms with van der Waals surface area (Å²) in [7, 11) is 1.02. The van der Waals surface area contributed by atoms with Crippen molar-refractivity contribution in [3.63, 3.8) is 0 Å². The third-order valence-corrected chi connectivity index (χ3v) is 1.70. The maximum atomic E-state index is 12.2. The van der Waals surface area contributed by atoms with Gasteiger partial charge in [-0.25, -0.2) is 13.6 Å². The van der Waals surface area contributed by atoms with E-state index in [4.69, 9.17) is 0 Å². The van der Waals surface area contributed by atoms with Gasteiger partial charge < -0.3 is 14.9 Å². The molecule has 8 heteroatoms. The van der Waals surface area contributed by atoms with Gasteiger partial charge in [0.05, 0.1) is 7.11 Å². The number of alkyl halides is 2. The van der Waals surface area contributed by atoms with Gasteiger partial charge in [-0.3, -0.25) is 0 Å². The highest BCUT2D eigenvalue weighted by atomic mass is 19.3. The molecule has 1 aromatic rings. The SMILES string of the molecule is COC(=O)c1ccc(C(F)F)nc1[N+](=O)[O-]. The van der Waals surface area contributed by atoms with E-state index in [0.29, 0.717) is 0 Å². The predicted molar refractivity (Wildman–Crippen MR) is 47.2 cm³/mol. The van der Waals surface area contributed by atoms with Gasteiger partial charge >= 0.3 is 18.2 Å². The van der Waals surface area contributed by atoms with Crippen LogP contribution in [0, 0.1) is 10.1 Å². The van der Waals surface area contributed by atoms with E-state index in [1.54, 1.807) is 0 Å². The zero-order valence-electron chi connectivity index (χ0n) is 8.02. The normalized spacial score (nSPS) is 10.2. The molecule has 0 unspecified atom stereocenters. The number of hydrogen-bond acceptors (Lipinski definition) is 5. The predicted octanol–water partition coefficient (Wildman–Crippen LogP) is 1.71. The van der Waals surface area contributed by atoms with Crippen molar-refractivity contribution in [3.05, 3.63) is 33.5 Å². The number of nitro groups is 1. The van der Waals surface area contributed by atoms with E-state index in [9.17, 15) is 23.7 Å². The summed E-state index contributed by atoms with van der Waals surface area (Å²) in [4.78, 5) is 23.6. The highest BCUT2D eigenvalue weighted by Crippen LogP contribution is 2.22. The van der Waals surface area contributed by atoms with Gasteiger partial charge in [-0.05, 0) is 22.0 Å². The quantitative estimate of drug-likeness (QED) is 0.450. The molecular formula is C8H6F2N2O4. The number of halogens is 2. The van der Waals surface area contributed by atoms with Gasteiger partial charge in [0.25, 0.3) is 0 Å². The lowest BCUT2D eigenvalue weighted by molar-refractivity contribution is -0.390. The minimum absolute atomic E-state index is 0.461. The second-order valence-electron chi connectivity index (χ2n) is 2.66. The molecule has 0 saturated carbocycles. The van der Waals surface area contributed by atoms with Crippen LogP contribution in [0.4, 0.5) is 14.6 Å². The van der Waals surface area contributed by atoms with Crippen LogP contribution >= 0.6 is 0 Å². The Kier molecular flexibility index (Phi) is 3.44. The van der Waals surface area contributed by atoms with Gasteiger partial charge in [-0.1, -0.05) is 0 Å². The molecule has 0 bridgehead atoms. The van der Waals surface area contributed by atoms with Crippen LogP contribution in [-0.2, 0) is 4.74 Å². The molecule has 0 radical (unpaired) electrons. The smallest absolute Gasteiger partial charge is 0.378 e. The maximum absolute atomic E-state index is 12.2. The monoisotopic (exact) mass is 232 g/mol. The molecule has 6 nitrogen and oxygen atoms in total. The van der Waals surface area contributed by atoms with Crippen molar-refractivity contribution in [2.24, 2.45) is 0 Å². The zero-order valence-corrected chi connectivity index (χ0v) is 8.02. The molecule has 1 aromatic heterocycles. The molecule has 0 aliphatic rings. The molecule has 0 aliphatic heterocycles. The average Bonchev–Trinajstić information content (AvgIpc) is 2.26. The number of ether oxygens (including phenoxy) is 1. The standard InChI is InChI=1S/C8H6F2N2O4/c1-16-8(13)4-2-3-5(6(9)10)11-7(4)12(14)15/h2-3,6H,1H3. The Morgan fingerprint density at radius 2 is 2.19 bits per heavy atom. The van der Waals surface area contributed by atoms with E-state index in [1.807, 2.05) is 0 Å². The van der Waals surface area contributed by atoms with E-state index in [1.165, 1.54) is 0 Å². The van der Waals surface area contributed by atoms with Crippen molar-refractivity contribution in [1.82, 2.24) is 4.98 Å². The van der Waals surface area contributed by atoms with E-state index < -0.39 is 34.4 Å². The number of pyridine rings is 1. The Morgan fingerprint density at radius 1 is 1.56 bits per heavy atom. The average molecular weight is 232 g/mol. The minimum Gasteiger partial charge on any atom is -0.465 e. The number of carbonyl (C=O) groups excluding carboxylic acids is 1. The molecular weight excluding hydrogens is 226 g/mol. The number of methoxy groups -OCH3 is 1. The zero-order chi connectivity index (χ0) is 12.3. The first-order chi connectivity index (χ1) is 7.47. The van der Waals surface area contributed by atoms with Gasteiger partial charge in [-0.2, -0.15) is 0 Å². The van der Waals surface area contributed by atoms with E-state index in [2.05, 4.69) is 9.72 Å². The topological polar surface area (TPSA) is 82.3 Å². The number of hydrogen-bond donors (Lipinski definition) is 0. The number of esters is 1. The van der Waals surface area contributed by atoms with Crippen LogP contribution < -0.4 is 0 Å². The fourth-order valence-corrected chi connectivity index (χ4v) is 0.993. The van der Waals surface area contributed by atoms with Crippen LogP contribution in [0.25, 0.3) is 0 Å². The first kappa shape index (κ1) is 12.0. The summed E-state index contributed by atoms with van der Waals surface area (Å²) in [5.41, 5.74) is -1.23. The summed E-state index contributed by atoms with van der Waals surface area (Å²) in [6, 6.07) is 1.72. The lowest BCUT2D eigenvalue weighted by atomic mass is 10.2. The number of nitrogens with zero attached hydrogens (tertiary/aromatic N) is 2. The van der Waals surface area contributed by atoms with Crippen LogP contribution in [0.1, 0.15) is 22.5 Å². The molecule has 0 saturated heterocycles. The van der Waals surface area contributed by atoms with Gasteiger partial charge in [0.2, 0.25) is 5.69 Å². The Labute approximate surface area is 88.0 Å². The van der Waals surface area contributed by atoms with Crippen LogP contribution in [-0.4, -0.2) is 23.0 Å². The van der Waals surface area contributed by atoms with Gasteiger partial charge in [-0.15, -0.1) is 0 Å². The number of aromatic nitrogens is 1. The summed E-state index contributed by atoms with van der Waals surface area (Å²) in [5, 5.41) is 10.5. The van der Waals surface area contributed by atoms with E-state index in [0.717, 1.165) is 19.2 Å². The van der Waals surface area contributed by atoms with Crippen molar-refractivity contribution in [1.29, 1.82) is 0 Å². The summed E-state index contributed by atoms with van der Waals surface area (Å²) < 4.78 is 28.7. The van der Waals surface area contributed by atoms with Crippen LogP contribution in [0.2, 0.25) is 0 Å². The number of rotatable bonds is 3. The maximum Gasteiger partial charge on any atom is 0.378 e. The third-order valence-electron chi connectivity index (χ3n) is 1.70. The van der Waals surface area contributed by atoms with Crippen molar-refractivity contribution in [3.8, 4) is 0 Å². The Hall–Kier alpha value is -2.12. The summed E-state index contributed by atoms with van der Waals surface area (Å²) in [5.74, 6) is -1.94. The largest absolute Gasteiger partial charge is 0.465 e. The molecule has 1 rings (SSSR count). The highest BCUT2D eigenvalue weighted by Gasteiger charge is 2.26. The molecule has 16 heavy (non-hydrogen) atoms. The first-order valence-electron chi connectivity index (χ1n) is 3.99. The minimum atomic E-state index is -2.94. The molecule has 0 fully saturated rings. The Balaban J connectivity index is 3.30. The molecule has 0 N–H and O–H groups in total. The van der Waals surface area contributed by atoms with E-state index >= 15 is 0 Å². The fourth-order valence-electron chi connectivity index (χ4n) is 0.993. The molecule has 0 aliphatic carbocycles. The van der Waals surface area contributed by atoms with Crippen molar-refractivity contribution in [2.75, 3.05) is 7.11 Å². The van der Waals surface area contributed by atoms with Crippen molar-refractivity contribution >= 4 is 11.8 Å². The molecule has 0 atom stereocenters. The second-order valence-corrected chi connectivity index (χ2v) is 2.66. The Morgan fingerprint density at radius 3 is 2.62 bits per heavy atom. The van der Waals surface area contributed by atoms with Crippen LogP contribution in [0.5, 0.6) is 0 Å². The van der Waals surface area contributed by atoms with Gasteiger partial charge in [0.15, 0.2) is 5.56 Å². The van der Waals surface area contributed by atoms with Crippen molar-refractivity contribution < 1.29 is 23.2 Å². The van der Waals surface area contributed by atoms with Crippen LogP contribution in [0.15, 0.2) is 12.1 Å². The van der Waals surface area contributed by atoms with Crippen LogP contribution in [0.3, 0.4) is 0 Å². The van der Waals surface area contributed by atoms with Gasteiger partial charge in [0.1, 0.15) is 0 Å². The van der Waals surface area contributed by atoms with E-state index in [-0.39, 0.29) is 0 Å². The highest BCUT2D eigenvalue weighted by molar-refractivity contribution is 5.92. The number of carbonyl (C=O) groups is 1. The summed E-state index contributed by atoms with van der Waals surface area (Å²) in [6.45, 7) is 0. The molecule has 0 spiro atoms. The lowest BCUT2D eigenvalue weighted by Crippen LogP contribution is -2.08. The second kappa shape index (κ2) is 4.60. The molecule has 1 heterocycles. The molecule has 0 aromatic carbocycles. The van der Waals surface area contributed by atoms with Gasteiger partial charge in [0, 0.05) is 0 Å². The first-order valence-corrected chi connectivity index (χ1v) is 3.99. The molecule has 0 amide bonds. The fraction of sp³-hybridized carbons (Fsp3) is 0.250.